The molecule has 1 aliphatic carbocycles. The minimum atomic E-state index is -3.82. The average molecular weight is 410 g/mol. The molecule has 1 aromatic carbocycles. The number of non-ortho nitro benzene ring substituents is 1. The summed E-state index contributed by atoms with van der Waals surface area (Å²) in [6.07, 6.45) is 8.65. The van der Waals surface area contributed by atoms with Crippen molar-refractivity contribution in [3.8, 4) is 0 Å². The van der Waals surface area contributed by atoms with Gasteiger partial charge >= 0.3 is 0 Å². The number of sulfonamides is 1. The number of carbonyl (C=O) groups excluding carboxylic acids is 1. The van der Waals surface area contributed by atoms with Crippen LogP contribution in [0.15, 0.2) is 35.9 Å². The Bertz CT molecular complexity index is 851. The van der Waals surface area contributed by atoms with Gasteiger partial charge in [-0.05, 0) is 44.6 Å². The van der Waals surface area contributed by atoms with Gasteiger partial charge in [0, 0.05) is 18.7 Å². The second-order valence-corrected chi connectivity index (χ2v) is 8.77. The summed E-state index contributed by atoms with van der Waals surface area (Å²) in [4.78, 5) is 23.2. The number of nitrogens with zero attached hydrogens (tertiary/aromatic N) is 2. The Labute approximate surface area is 165 Å². The fourth-order valence-electron chi connectivity index (χ4n) is 3.40. The Morgan fingerprint density at radius 3 is 2.68 bits per heavy atom. The molecule has 2 rings (SSSR count). The number of hydrogen-bond acceptors (Lipinski definition) is 5. The SMILES string of the molecule is CCC(C(=O)NCCC1=CCCCC1)N(c1cccc([N+](=O)[O-])c1)S(C)(=O)=O. The summed E-state index contributed by atoms with van der Waals surface area (Å²) in [7, 11) is -3.82. The van der Waals surface area contributed by atoms with E-state index >= 15 is 0 Å². The van der Waals surface area contributed by atoms with E-state index in [1.807, 2.05) is 0 Å². The van der Waals surface area contributed by atoms with Crippen molar-refractivity contribution in [2.75, 3.05) is 17.1 Å². The van der Waals surface area contributed by atoms with E-state index in [9.17, 15) is 23.3 Å². The third-order valence-electron chi connectivity index (χ3n) is 4.76. The zero-order valence-corrected chi connectivity index (χ0v) is 17.1. The van der Waals surface area contributed by atoms with Crippen LogP contribution in [0.3, 0.4) is 0 Å². The van der Waals surface area contributed by atoms with E-state index in [1.54, 1.807) is 6.92 Å². The van der Waals surface area contributed by atoms with Crippen molar-refractivity contribution in [3.05, 3.63) is 46.0 Å². The predicted molar refractivity (Wildman–Crippen MR) is 109 cm³/mol. The van der Waals surface area contributed by atoms with E-state index in [0.717, 1.165) is 36.2 Å². The molecule has 1 aliphatic rings. The highest BCUT2D eigenvalue weighted by molar-refractivity contribution is 7.92. The van der Waals surface area contributed by atoms with Crippen molar-refractivity contribution in [1.82, 2.24) is 5.32 Å². The van der Waals surface area contributed by atoms with Crippen LogP contribution in [-0.2, 0) is 14.8 Å². The van der Waals surface area contributed by atoms with Crippen LogP contribution in [0.25, 0.3) is 0 Å². The first-order chi connectivity index (χ1) is 13.2. The van der Waals surface area contributed by atoms with Crippen LogP contribution < -0.4 is 9.62 Å². The highest BCUT2D eigenvalue weighted by atomic mass is 32.2. The number of nitro groups is 1. The maximum absolute atomic E-state index is 12.7. The molecule has 1 unspecified atom stereocenters. The summed E-state index contributed by atoms with van der Waals surface area (Å²) in [6, 6.07) is 4.34. The Morgan fingerprint density at radius 1 is 1.36 bits per heavy atom. The molecule has 0 heterocycles. The number of hydrogen-bond donors (Lipinski definition) is 1. The summed E-state index contributed by atoms with van der Waals surface area (Å²) < 4.78 is 25.8. The minimum absolute atomic E-state index is 0.105. The van der Waals surface area contributed by atoms with Crippen LogP contribution in [0.2, 0.25) is 0 Å². The molecule has 8 nitrogen and oxygen atoms in total. The number of rotatable bonds is 9. The smallest absolute Gasteiger partial charge is 0.271 e. The number of amides is 1. The highest BCUT2D eigenvalue weighted by Gasteiger charge is 2.32. The lowest BCUT2D eigenvalue weighted by Gasteiger charge is -2.30. The summed E-state index contributed by atoms with van der Waals surface area (Å²) in [5, 5.41) is 13.9. The van der Waals surface area contributed by atoms with Gasteiger partial charge in [0.2, 0.25) is 15.9 Å². The Hall–Kier alpha value is -2.42. The predicted octanol–water partition coefficient (Wildman–Crippen LogP) is 3.15. The maximum Gasteiger partial charge on any atom is 0.271 e. The first-order valence-electron chi connectivity index (χ1n) is 9.43. The van der Waals surface area contributed by atoms with Gasteiger partial charge in [-0.15, -0.1) is 0 Å². The number of nitro benzene ring substituents is 1. The monoisotopic (exact) mass is 409 g/mol. The van der Waals surface area contributed by atoms with Crippen LogP contribution in [0.4, 0.5) is 11.4 Å². The first-order valence-corrected chi connectivity index (χ1v) is 11.3. The van der Waals surface area contributed by atoms with Crippen LogP contribution >= 0.6 is 0 Å². The third kappa shape index (κ3) is 5.79. The number of carbonyl (C=O) groups is 1. The molecule has 0 fully saturated rings. The molecule has 1 N–H and O–H groups in total. The molecule has 0 saturated heterocycles. The molecule has 154 valence electrons. The van der Waals surface area contributed by atoms with Gasteiger partial charge in [-0.3, -0.25) is 19.2 Å². The normalized spacial score (nSPS) is 15.4. The van der Waals surface area contributed by atoms with Gasteiger partial charge in [0.05, 0.1) is 16.9 Å². The van der Waals surface area contributed by atoms with Crippen molar-refractivity contribution >= 4 is 27.3 Å². The number of benzene rings is 1. The van der Waals surface area contributed by atoms with E-state index in [0.29, 0.717) is 6.54 Å². The summed E-state index contributed by atoms with van der Waals surface area (Å²) in [5.41, 5.74) is 1.19. The fraction of sp³-hybridized carbons (Fsp3) is 0.526. The van der Waals surface area contributed by atoms with Crippen molar-refractivity contribution in [2.45, 2.75) is 51.5 Å². The standard InChI is InChI=1S/C19H27N3O5S/c1-3-18(19(23)20-13-12-15-8-5-4-6-9-15)21(28(2,26)27)16-10-7-11-17(14-16)22(24)25/h7-8,10-11,14,18H,3-6,9,12-13H2,1-2H3,(H,20,23). The number of allylic oxidation sites excluding steroid dienone is 1. The second kappa shape index (κ2) is 9.68. The maximum atomic E-state index is 12.7. The fourth-order valence-corrected chi connectivity index (χ4v) is 4.60. The molecule has 0 bridgehead atoms. The van der Waals surface area contributed by atoms with E-state index in [2.05, 4.69) is 11.4 Å². The molecule has 1 atom stereocenters. The second-order valence-electron chi connectivity index (χ2n) is 6.91. The van der Waals surface area contributed by atoms with Gasteiger partial charge in [0.15, 0.2) is 0 Å². The number of nitrogens with one attached hydrogen (secondary N) is 1. The molecular formula is C19H27N3O5S. The van der Waals surface area contributed by atoms with Gasteiger partial charge in [0.25, 0.3) is 5.69 Å². The van der Waals surface area contributed by atoms with Crippen LogP contribution in [0, 0.1) is 10.1 Å². The van der Waals surface area contributed by atoms with Gasteiger partial charge in [0.1, 0.15) is 6.04 Å². The third-order valence-corrected chi connectivity index (χ3v) is 5.94. The molecule has 0 spiro atoms. The molecule has 1 amide bonds. The molecular weight excluding hydrogens is 382 g/mol. The first kappa shape index (κ1) is 21.9. The summed E-state index contributed by atoms with van der Waals surface area (Å²) in [5.74, 6) is -0.407. The number of anilines is 1. The van der Waals surface area contributed by atoms with Gasteiger partial charge in [-0.25, -0.2) is 8.42 Å². The summed E-state index contributed by atoms with van der Waals surface area (Å²) in [6.45, 7) is 2.15. The van der Waals surface area contributed by atoms with Crippen LogP contribution in [-0.4, -0.2) is 38.1 Å². The zero-order valence-electron chi connectivity index (χ0n) is 16.3. The lowest BCUT2D eigenvalue weighted by Crippen LogP contribution is -2.49. The van der Waals surface area contributed by atoms with E-state index in [1.165, 1.54) is 36.3 Å². The van der Waals surface area contributed by atoms with E-state index in [-0.39, 0.29) is 17.8 Å². The van der Waals surface area contributed by atoms with Crippen LogP contribution in [0.5, 0.6) is 0 Å². The quantitative estimate of drug-likeness (QED) is 0.383. The molecule has 0 aliphatic heterocycles. The lowest BCUT2D eigenvalue weighted by molar-refractivity contribution is -0.384. The van der Waals surface area contributed by atoms with Crippen molar-refractivity contribution < 1.29 is 18.1 Å². The van der Waals surface area contributed by atoms with E-state index < -0.39 is 26.9 Å². The van der Waals surface area contributed by atoms with Crippen molar-refractivity contribution in [2.24, 2.45) is 0 Å². The Kier molecular flexibility index (Phi) is 7.56. The minimum Gasteiger partial charge on any atom is -0.354 e. The highest BCUT2D eigenvalue weighted by Crippen LogP contribution is 2.26. The Balaban J connectivity index is 2.18. The van der Waals surface area contributed by atoms with Gasteiger partial charge < -0.3 is 5.32 Å². The van der Waals surface area contributed by atoms with Gasteiger partial charge in [-0.2, -0.15) is 0 Å². The van der Waals surface area contributed by atoms with E-state index in [4.69, 9.17) is 0 Å². The molecule has 0 radical (unpaired) electrons. The Morgan fingerprint density at radius 2 is 2.11 bits per heavy atom. The van der Waals surface area contributed by atoms with Gasteiger partial charge in [-0.1, -0.05) is 24.6 Å². The van der Waals surface area contributed by atoms with Crippen molar-refractivity contribution in [1.29, 1.82) is 0 Å². The molecule has 0 saturated carbocycles. The molecule has 1 aromatic rings. The topological polar surface area (TPSA) is 110 Å². The zero-order chi connectivity index (χ0) is 20.7. The average Bonchev–Trinajstić information content (AvgIpc) is 2.65. The largest absolute Gasteiger partial charge is 0.354 e. The molecule has 9 heteroatoms. The molecule has 0 aromatic heterocycles. The lowest BCUT2D eigenvalue weighted by atomic mass is 9.97. The van der Waals surface area contributed by atoms with Crippen LogP contribution in [0.1, 0.15) is 45.4 Å². The molecule has 28 heavy (non-hydrogen) atoms. The summed E-state index contributed by atoms with van der Waals surface area (Å²) >= 11 is 0. The van der Waals surface area contributed by atoms with Crippen molar-refractivity contribution in [3.63, 3.8) is 0 Å².